The van der Waals surface area contributed by atoms with Crippen LogP contribution in [0.2, 0.25) is 0 Å². The van der Waals surface area contributed by atoms with Crippen LogP contribution in [0.3, 0.4) is 0 Å². The molecule has 0 spiro atoms. The highest BCUT2D eigenvalue weighted by Crippen LogP contribution is 2.36. The van der Waals surface area contributed by atoms with Gasteiger partial charge in [0.1, 0.15) is 11.6 Å². The van der Waals surface area contributed by atoms with Gasteiger partial charge in [0.25, 0.3) is 0 Å². The van der Waals surface area contributed by atoms with E-state index in [1.54, 1.807) is 22.8 Å². The summed E-state index contributed by atoms with van der Waals surface area (Å²) in [6, 6.07) is 13.1. The highest BCUT2D eigenvalue weighted by molar-refractivity contribution is 7.91. The second-order valence-corrected chi connectivity index (χ2v) is 13.3. The van der Waals surface area contributed by atoms with E-state index < -0.39 is 21.5 Å². The van der Waals surface area contributed by atoms with Crippen molar-refractivity contribution < 1.29 is 17.2 Å². The van der Waals surface area contributed by atoms with E-state index in [4.69, 9.17) is 0 Å². The largest absolute Gasteiger partial charge is 0.317 e. The van der Waals surface area contributed by atoms with E-state index in [9.17, 15) is 17.2 Å². The molecule has 0 unspecified atom stereocenters. The lowest BCUT2D eigenvalue weighted by Gasteiger charge is -2.22. The number of piperidine rings is 1. The van der Waals surface area contributed by atoms with Gasteiger partial charge in [0, 0.05) is 40.7 Å². The molecule has 1 saturated heterocycles. The quantitative estimate of drug-likeness (QED) is 0.266. The van der Waals surface area contributed by atoms with E-state index in [1.807, 2.05) is 35.3 Å². The summed E-state index contributed by atoms with van der Waals surface area (Å²) in [6.45, 7) is 1.98. The van der Waals surface area contributed by atoms with Gasteiger partial charge < -0.3 is 5.32 Å². The van der Waals surface area contributed by atoms with Crippen molar-refractivity contribution in [1.82, 2.24) is 24.7 Å². The molecular weight excluding hydrogens is 544 g/mol. The Hall–Kier alpha value is -3.89. The number of hydrogen-bond acceptors (Lipinski definition) is 5. The molecule has 2 aromatic carbocycles. The molecule has 1 saturated carbocycles. The number of pyridine rings is 1. The Morgan fingerprint density at radius 2 is 1.59 bits per heavy atom. The van der Waals surface area contributed by atoms with E-state index in [2.05, 4.69) is 21.7 Å². The Balaban J connectivity index is 1.27. The average molecular weight is 574 g/mol. The first-order valence-corrected chi connectivity index (χ1v) is 15.6. The first-order chi connectivity index (χ1) is 19.8. The zero-order valence-electron chi connectivity index (χ0n) is 22.3. The topological polar surface area (TPSA) is 81.3 Å². The van der Waals surface area contributed by atoms with Gasteiger partial charge in [-0.3, -0.25) is 4.68 Å². The number of benzene rings is 2. The van der Waals surface area contributed by atoms with E-state index in [0.717, 1.165) is 54.2 Å². The number of fused-ring (bicyclic) bond motifs is 1. The number of sulfone groups is 1. The van der Waals surface area contributed by atoms with Crippen LogP contribution in [0.5, 0.6) is 0 Å². The van der Waals surface area contributed by atoms with Gasteiger partial charge in [0.15, 0.2) is 9.84 Å². The molecule has 3 aromatic heterocycles. The van der Waals surface area contributed by atoms with Gasteiger partial charge in [0.2, 0.25) is 0 Å². The standard InChI is InChI=1S/C31H29F2N5O2S/c32-25-2-5-28(30(33)14-25)22-11-20(19-41(39,40)27-3-4-27)12-23(13-22)29-16-36-38-17-21(1-6-31(29)38)24-15-35-37(18-24)26-7-9-34-10-8-26/h1-2,5-6,11-18,26-27,34H,3-4,7-10,19H2. The Bertz CT molecular complexity index is 1870. The van der Waals surface area contributed by atoms with Crippen molar-refractivity contribution in [3.63, 3.8) is 0 Å². The van der Waals surface area contributed by atoms with Gasteiger partial charge in [0.05, 0.1) is 35.0 Å². The SMILES string of the molecule is O=S(=O)(Cc1cc(-c2ccc(F)cc2F)cc(-c2cnn3cc(-c4cnn(C5CCNCC5)c4)ccc23)c1)C1CC1. The lowest BCUT2D eigenvalue weighted by molar-refractivity contribution is 0.343. The van der Waals surface area contributed by atoms with Crippen molar-refractivity contribution >= 4 is 15.4 Å². The van der Waals surface area contributed by atoms with Gasteiger partial charge in [-0.1, -0.05) is 6.07 Å². The molecular formula is C31H29F2N5O2S. The fraction of sp³-hybridized carbons (Fsp3) is 0.290. The molecule has 1 N–H and O–H groups in total. The number of aromatic nitrogens is 4. The minimum absolute atomic E-state index is 0.133. The Labute approximate surface area is 236 Å². The van der Waals surface area contributed by atoms with Gasteiger partial charge in [-0.05, 0) is 91.9 Å². The lowest BCUT2D eigenvalue weighted by Crippen LogP contribution is -2.29. The van der Waals surface area contributed by atoms with Crippen molar-refractivity contribution in [2.24, 2.45) is 0 Å². The minimum Gasteiger partial charge on any atom is -0.317 e. The van der Waals surface area contributed by atoms with Crippen molar-refractivity contribution in [1.29, 1.82) is 0 Å². The summed E-state index contributed by atoms with van der Waals surface area (Å²) in [7, 11) is -3.31. The zero-order chi connectivity index (χ0) is 28.1. The average Bonchev–Trinajstić information content (AvgIpc) is 3.57. The summed E-state index contributed by atoms with van der Waals surface area (Å²) in [5.41, 5.74) is 5.58. The van der Waals surface area contributed by atoms with Crippen LogP contribution >= 0.6 is 0 Å². The number of hydrogen-bond donors (Lipinski definition) is 1. The maximum absolute atomic E-state index is 14.8. The zero-order valence-corrected chi connectivity index (χ0v) is 23.1. The summed E-state index contributed by atoms with van der Waals surface area (Å²) in [6.07, 6.45) is 11.1. The molecule has 0 atom stereocenters. The van der Waals surface area contributed by atoms with E-state index in [-0.39, 0.29) is 16.6 Å². The number of halogens is 2. The fourth-order valence-electron chi connectivity index (χ4n) is 5.72. The highest BCUT2D eigenvalue weighted by atomic mass is 32.2. The molecule has 2 fully saturated rings. The second-order valence-electron chi connectivity index (χ2n) is 11.0. The van der Waals surface area contributed by atoms with Crippen LogP contribution < -0.4 is 5.32 Å². The first kappa shape index (κ1) is 26.0. The van der Waals surface area contributed by atoms with E-state index in [0.29, 0.717) is 35.6 Å². The smallest absolute Gasteiger partial charge is 0.157 e. The van der Waals surface area contributed by atoms with Crippen molar-refractivity contribution in [3.05, 3.63) is 90.5 Å². The molecule has 5 aromatic rings. The third kappa shape index (κ3) is 5.17. The van der Waals surface area contributed by atoms with Gasteiger partial charge in [-0.25, -0.2) is 21.7 Å². The maximum Gasteiger partial charge on any atom is 0.157 e. The van der Waals surface area contributed by atoms with Crippen LogP contribution in [0, 0.1) is 11.6 Å². The van der Waals surface area contributed by atoms with Crippen LogP contribution in [-0.4, -0.2) is 46.2 Å². The summed E-state index contributed by atoms with van der Waals surface area (Å²) < 4.78 is 58.0. The molecule has 10 heteroatoms. The van der Waals surface area contributed by atoms with Crippen LogP contribution in [0.25, 0.3) is 38.9 Å². The summed E-state index contributed by atoms with van der Waals surface area (Å²) in [4.78, 5) is 0. The lowest BCUT2D eigenvalue weighted by atomic mass is 9.96. The van der Waals surface area contributed by atoms with Crippen LogP contribution in [0.4, 0.5) is 8.78 Å². The Morgan fingerprint density at radius 3 is 2.34 bits per heavy atom. The molecule has 0 amide bonds. The summed E-state index contributed by atoms with van der Waals surface area (Å²) in [5.74, 6) is -1.50. The van der Waals surface area contributed by atoms with Crippen molar-refractivity contribution in [2.45, 2.75) is 42.7 Å². The summed E-state index contributed by atoms with van der Waals surface area (Å²) in [5, 5.41) is 12.3. The normalized spacial score (nSPS) is 16.4. The highest BCUT2D eigenvalue weighted by Gasteiger charge is 2.35. The predicted molar refractivity (Wildman–Crippen MR) is 154 cm³/mol. The minimum atomic E-state index is -3.31. The fourth-order valence-corrected chi connectivity index (χ4v) is 7.44. The molecule has 0 radical (unpaired) electrons. The predicted octanol–water partition coefficient (Wildman–Crippen LogP) is 5.81. The molecule has 1 aliphatic carbocycles. The van der Waals surface area contributed by atoms with Crippen molar-refractivity contribution in [3.8, 4) is 33.4 Å². The molecule has 2 aliphatic rings. The maximum atomic E-state index is 14.8. The van der Waals surface area contributed by atoms with Crippen LogP contribution in [-0.2, 0) is 15.6 Å². The second kappa shape index (κ2) is 10.2. The number of rotatable bonds is 7. The number of nitrogens with one attached hydrogen (secondary N) is 1. The molecule has 0 bridgehead atoms. The Morgan fingerprint density at radius 1 is 0.805 bits per heavy atom. The molecule has 4 heterocycles. The third-order valence-corrected chi connectivity index (χ3v) is 10.3. The van der Waals surface area contributed by atoms with Gasteiger partial charge in [-0.2, -0.15) is 10.2 Å². The monoisotopic (exact) mass is 573 g/mol. The molecule has 1 aliphatic heterocycles. The molecule has 210 valence electrons. The van der Waals surface area contributed by atoms with Gasteiger partial charge >= 0.3 is 0 Å². The van der Waals surface area contributed by atoms with Crippen LogP contribution in [0.1, 0.15) is 37.3 Å². The van der Waals surface area contributed by atoms with Crippen molar-refractivity contribution in [2.75, 3.05) is 13.1 Å². The third-order valence-electron chi connectivity index (χ3n) is 8.08. The molecule has 41 heavy (non-hydrogen) atoms. The first-order valence-electron chi connectivity index (χ1n) is 13.9. The summed E-state index contributed by atoms with van der Waals surface area (Å²) >= 11 is 0. The Kier molecular flexibility index (Phi) is 6.47. The van der Waals surface area contributed by atoms with E-state index >= 15 is 0 Å². The molecule has 7 nitrogen and oxygen atoms in total. The molecule has 7 rings (SSSR count). The van der Waals surface area contributed by atoms with Crippen LogP contribution in [0.15, 0.2) is 73.3 Å². The van der Waals surface area contributed by atoms with E-state index in [1.165, 1.54) is 12.1 Å². The number of nitrogens with zero attached hydrogens (tertiary/aromatic N) is 4. The van der Waals surface area contributed by atoms with Gasteiger partial charge in [-0.15, -0.1) is 0 Å².